The molecule has 2 amide bonds. The van der Waals surface area contributed by atoms with E-state index in [-0.39, 0.29) is 17.5 Å². The summed E-state index contributed by atoms with van der Waals surface area (Å²) < 4.78 is 5.27. The molecule has 0 saturated heterocycles. The maximum atomic E-state index is 12.0. The molecule has 0 atom stereocenters. The van der Waals surface area contributed by atoms with Gasteiger partial charge in [0.15, 0.2) is 6.61 Å². The average molecular weight is 410 g/mol. The minimum Gasteiger partial charge on any atom is -0.484 e. The van der Waals surface area contributed by atoms with Gasteiger partial charge in [0.2, 0.25) is 0 Å². The van der Waals surface area contributed by atoms with E-state index in [0.717, 1.165) is 11.1 Å². The highest BCUT2D eigenvalue weighted by Crippen LogP contribution is 2.10. The Balaban J connectivity index is 2.35. The molecule has 1 rings (SSSR count). The van der Waals surface area contributed by atoms with Crippen molar-refractivity contribution in [3.05, 3.63) is 76.9 Å². The summed E-state index contributed by atoms with van der Waals surface area (Å²) >= 11 is 11.2. The monoisotopic (exact) mass is 409 g/mol. The summed E-state index contributed by atoms with van der Waals surface area (Å²) in [5.41, 5.74) is 2.99. The molecular weight excluding hydrogens is 389 g/mol. The number of nitrogens with one attached hydrogen (secondary N) is 2. The summed E-state index contributed by atoms with van der Waals surface area (Å²) in [5.74, 6) is -0.330. The highest BCUT2D eigenvalue weighted by Gasteiger charge is 2.08. The van der Waals surface area contributed by atoms with Crippen molar-refractivity contribution >= 4 is 35.0 Å². The zero-order valence-corrected chi connectivity index (χ0v) is 16.4. The number of carbonyl (C=O) groups is 2. The lowest BCUT2D eigenvalue weighted by atomic mass is 10.2. The highest BCUT2D eigenvalue weighted by molar-refractivity contribution is 6.37. The largest absolute Gasteiger partial charge is 0.484 e. The molecule has 6 nitrogen and oxygen atoms in total. The van der Waals surface area contributed by atoms with E-state index in [1.165, 1.54) is 18.3 Å². The predicted octanol–water partition coefficient (Wildman–Crippen LogP) is 3.55. The van der Waals surface area contributed by atoms with Crippen LogP contribution in [0.4, 0.5) is 0 Å². The standard InChI is InChI=1S/C19H21Cl2N3O3/c1-4-17(8-16(21)9-20)27-12-18(25)24-14(3)5-6-23-19(26)15-7-13(2)10-22-11-15/h4,7-11H,1,3,5-6,12H2,2H3,(H,23,26)(H,24,25)/b16-9-,17-8+. The Morgan fingerprint density at radius 3 is 2.74 bits per heavy atom. The van der Waals surface area contributed by atoms with E-state index >= 15 is 0 Å². The maximum absolute atomic E-state index is 12.0. The van der Waals surface area contributed by atoms with Gasteiger partial charge in [0.1, 0.15) is 5.76 Å². The summed E-state index contributed by atoms with van der Waals surface area (Å²) in [6, 6.07) is 1.74. The van der Waals surface area contributed by atoms with Crippen LogP contribution in [0.25, 0.3) is 0 Å². The summed E-state index contributed by atoms with van der Waals surface area (Å²) in [7, 11) is 0. The Hall–Kier alpha value is -2.57. The zero-order valence-electron chi connectivity index (χ0n) is 14.9. The topological polar surface area (TPSA) is 80.3 Å². The fraction of sp³-hybridized carbons (Fsp3) is 0.211. The Morgan fingerprint density at radius 1 is 1.37 bits per heavy atom. The molecular formula is C19H21Cl2N3O3. The molecule has 0 bridgehead atoms. The number of nitrogens with zero attached hydrogens (tertiary/aromatic N) is 1. The van der Waals surface area contributed by atoms with Crippen molar-refractivity contribution in [2.75, 3.05) is 13.2 Å². The molecule has 0 spiro atoms. The Labute approximate surface area is 168 Å². The number of carbonyl (C=O) groups excluding carboxylic acids is 2. The fourth-order valence-electron chi connectivity index (χ4n) is 1.88. The molecule has 1 heterocycles. The molecule has 0 aromatic carbocycles. The van der Waals surface area contributed by atoms with E-state index in [9.17, 15) is 9.59 Å². The molecule has 0 unspecified atom stereocenters. The summed E-state index contributed by atoms with van der Waals surface area (Å²) in [6.45, 7) is 9.24. The van der Waals surface area contributed by atoms with E-state index in [0.29, 0.717) is 30.0 Å². The van der Waals surface area contributed by atoms with Gasteiger partial charge in [-0.2, -0.15) is 0 Å². The number of rotatable bonds is 10. The molecule has 8 heteroatoms. The lowest BCUT2D eigenvalue weighted by Gasteiger charge is -2.11. The third-order valence-electron chi connectivity index (χ3n) is 3.12. The quantitative estimate of drug-likeness (QED) is 0.457. The first-order chi connectivity index (χ1) is 12.8. The third-order valence-corrected chi connectivity index (χ3v) is 3.69. The lowest BCUT2D eigenvalue weighted by Crippen LogP contribution is -2.30. The van der Waals surface area contributed by atoms with E-state index < -0.39 is 5.91 Å². The van der Waals surface area contributed by atoms with Crippen LogP contribution in [-0.4, -0.2) is 29.9 Å². The molecule has 2 N–H and O–H groups in total. The van der Waals surface area contributed by atoms with Gasteiger partial charge in [-0.1, -0.05) is 36.4 Å². The van der Waals surface area contributed by atoms with E-state index in [1.807, 2.05) is 6.92 Å². The number of allylic oxidation sites excluding steroid dienone is 3. The number of pyridine rings is 1. The van der Waals surface area contributed by atoms with Crippen LogP contribution in [0.3, 0.4) is 0 Å². The Kier molecular flexibility index (Phi) is 9.93. The lowest BCUT2D eigenvalue weighted by molar-refractivity contribution is -0.123. The van der Waals surface area contributed by atoms with Gasteiger partial charge in [-0.05, 0) is 30.7 Å². The minimum atomic E-state index is -0.395. The number of ether oxygens (including phenoxy) is 1. The molecule has 1 aromatic rings. The number of amides is 2. The molecule has 0 aliphatic rings. The molecule has 1 aromatic heterocycles. The van der Waals surface area contributed by atoms with Gasteiger partial charge in [-0.3, -0.25) is 14.6 Å². The number of aromatic nitrogens is 1. The van der Waals surface area contributed by atoms with Crippen LogP contribution < -0.4 is 10.6 Å². The van der Waals surface area contributed by atoms with Crippen molar-refractivity contribution in [2.45, 2.75) is 13.3 Å². The van der Waals surface area contributed by atoms with Crippen molar-refractivity contribution in [1.29, 1.82) is 0 Å². The molecule has 144 valence electrons. The van der Waals surface area contributed by atoms with E-state index in [4.69, 9.17) is 27.9 Å². The van der Waals surface area contributed by atoms with Crippen LogP contribution in [-0.2, 0) is 9.53 Å². The van der Waals surface area contributed by atoms with Crippen LogP contribution in [0.2, 0.25) is 0 Å². The van der Waals surface area contributed by atoms with Crippen LogP contribution >= 0.6 is 23.2 Å². The highest BCUT2D eigenvalue weighted by atomic mass is 35.5. The summed E-state index contributed by atoms with van der Waals surface area (Å²) in [5, 5.41) is 5.58. The second-order valence-corrected chi connectivity index (χ2v) is 6.10. The van der Waals surface area contributed by atoms with Crippen molar-refractivity contribution in [1.82, 2.24) is 15.6 Å². The maximum Gasteiger partial charge on any atom is 0.262 e. The van der Waals surface area contributed by atoms with Gasteiger partial charge in [0.05, 0.1) is 10.6 Å². The number of halogens is 2. The van der Waals surface area contributed by atoms with Crippen molar-refractivity contribution in [2.24, 2.45) is 0 Å². The SMILES string of the molecule is C=C/C(=C\C(Cl)=C\Cl)OCC(=O)NC(=C)CCNC(=O)c1cncc(C)c1. The molecule has 0 aliphatic carbocycles. The van der Waals surface area contributed by atoms with Crippen LogP contribution in [0.15, 0.2) is 65.8 Å². The Morgan fingerprint density at radius 2 is 2.11 bits per heavy atom. The second kappa shape index (κ2) is 11.9. The molecule has 0 radical (unpaired) electrons. The van der Waals surface area contributed by atoms with Gasteiger partial charge in [0, 0.05) is 36.6 Å². The summed E-state index contributed by atoms with van der Waals surface area (Å²) in [6.07, 6.45) is 6.37. The summed E-state index contributed by atoms with van der Waals surface area (Å²) in [4.78, 5) is 27.8. The molecule has 0 saturated carbocycles. The van der Waals surface area contributed by atoms with Gasteiger partial charge < -0.3 is 15.4 Å². The first-order valence-corrected chi connectivity index (χ1v) is 8.77. The van der Waals surface area contributed by atoms with Crippen molar-refractivity contribution in [3.8, 4) is 0 Å². The predicted molar refractivity (Wildman–Crippen MR) is 107 cm³/mol. The zero-order chi connectivity index (χ0) is 20.2. The average Bonchev–Trinajstić information content (AvgIpc) is 2.64. The third kappa shape index (κ3) is 9.08. The minimum absolute atomic E-state index is 0.237. The second-order valence-electron chi connectivity index (χ2n) is 5.44. The Bertz CT molecular complexity index is 773. The smallest absolute Gasteiger partial charge is 0.262 e. The van der Waals surface area contributed by atoms with Crippen LogP contribution in [0, 0.1) is 6.92 Å². The normalized spacial score (nSPS) is 11.5. The molecule has 0 fully saturated rings. The fourth-order valence-corrected chi connectivity index (χ4v) is 2.05. The van der Waals surface area contributed by atoms with Crippen LogP contribution in [0.1, 0.15) is 22.3 Å². The molecule has 27 heavy (non-hydrogen) atoms. The van der Waals surface area contributed by atoms with E-state index in [2.05, 4.69) is 28.8 Å². The van der Waals surface area contributed by atoms with Gasteiger partial charge in [-0.25, -0.2) is 0 Å². The number of hydrogen-bond donors (Lipinski definition) is 2. The van der Waals surface area contributed by atoms with Gasteiger partial charge in [0.25, 0.3) is 11.8 Å². The first-order valence-electron chi connectivity index (χ1n) is 7.96. The van der Waals surface area contributed by atoms with E-state index in [1.54, 1.807) is 12.3 Å². The number of aryl methyl sites for hydroxylation is 1. The first kappa shape index (κ1) is 22.5. The molecule has 0 aliphatic heterocycles. The van der Waals surface area contributed by atoms with Gasteiger partial charge in [-0.15, -0.1) is 0 Å². The van der Waals surface area contributed by atoms with Crippen molar-refractivity contribution in [3.63, 3.8) is 0 Å². The van der Waals surface area contributed by atoms with Gasteiger partial charge >= 0.3 is 0 Å². The number of hydrogen-bond acceptors (Lipinski definition) is 4. The van der Waals surface area contributed by atoms with Crippen LogP contribution in [0.5, 0.6) is 0 Å². The van der Waals surface area contributed by atoms with Crippen molar-refractivity contribution < 1.29 is 14.3 Å².